The maximum absolute atomic E-state index is 12.5. The van der Waals surface area contributed by atoms with E-state index in [0.29, 0.717) is 11.5 Å². The topological polar surface area (TPSA) is 55.1 Å². The van der Waals surface area contributed by atoms with Gasteiger partial charge in [0.1, 0.15) is 17.5 Å². The number of rotatable bonds is 4. The molecule has 0 bridgehead atoms. The summed E-state index contributed by atoms with van der Waals surface area (Å²) in [6, 6.07) is 18.4. The summed E-state index contributed by atoms with van der Waals surface area (Å²) < 4.78 is 5.48. The van der Waals surface area contributed by atoms with Crippen LogP contribution in [0.4, 0.5) is 0 Å². The van der Waals surface area contributed by atoms with Crippen LogP contribution in [0.25, 0.3) is 0 Å². The highest BCUT2D eigenvalue weighted by molar-refractivity contribution is 5.92. The summed E-state index contributed by atoms with van der Waals surface area (Å²) >= 11 is 0. The maximum Gasteiger partial charge on any atom is 0.270 e. The molecule has 1 aromatic carbocycles. The molecule has 0 aliphatic rings. The number of carbonyl (C=O) groups is 1. The Hall–Kier alpha value is -2.88. The molecule has 3 aromatic rings. The average Bonchev–Trinajstić information content (AvgIpc) is 3.07. The first-order valence-electron chi connectivity index (χ1n) is 7.07. The highest BCUT2D eigenvalue weighted by Gasteiger charge is 2.20. The van der Waals surface area contributed by atoms with Crippen LogP contribution >= 0.6 is 0 Å². The predicted molar refractivity (Wildman–Crippen MR) is 83.4 cm³/mol. The fourth-order valence-corrected chi connectivity index (χ4v) is 2.29. The number of furan rings is 1. The molecule has 4 nitrogen and oxygen atoms in total. The van der Waals surface area contributed by atoms with Gasteiger partial charge in [0.15, 0.2) is 0 Å². The molecule has 3 rings (SSSR count). The van der Waals surface area contributed by atoms with Crippen LogP contribution in [0.2, 0.25) is 0 Å². The molecule has 2 heterocycles. The van der Waals surface area contributed by atoms with Crippen molar-refractivity contribution in [2.45, 2.75) is 13.0 Å². The first-order chi connectivity index (χ1) is 10.7. The highest BCUT2D eigenvalue weighted by Crippen LogP contribution is 2.22. The number of amides is 1. The van der Waals surface area contributed by atoms with Crippen molar-refractivity contribution in [1.82, 2.24) is 10.3 Å². The molecule has 0 saturated carbocycles. The molecule has 1 N–H and O–H groups in total. The number of aromatic nitrogens is 1. The normalized spacial score (nSPS) is 11.9. The van der Waals surface area contributed by atoms with E-state index in [1.807, 2.05) is 61.5 Å². The third-order valence-corrected chi connectivity index (χ3v) is 3.36. The van der Waals surface area contributed by atoms with E-state index >= 15 is 0 Å². The molecular formula is C18H16N2O2. The number of benzene rings is 1. The molecule has 0 radical (unpaired) electrons. The molecule has 0 fully saturated rings. The van der Waals surface area contributed by atoms with Gasteiger partial charge < -0.3 is 9.73 Å². The second kappa shape index (κ2) is 6.26. The van der Waals surface area contributed by atoms with Crippen molar-refractivity contribution in [2.75, 3.05) is 0 Å². The molecule has 0 aliphatic carbocycles. The zero-order chi connectivity index (χ0) is 15.4. The molecule has 0 spiro atoms. The van der Waals surface area contributed by atoms with Crippen LogP contribution in [-0.4, -0.2) is 10.9 Å². The lowest BCUT2D eigenvalue weighted by Crippen LogP contribution is -2.29. The van der Waals surface area contributed by atoms with Crippen molar-refractivity contribution in [2.24, 2.45) is 0 Å². The van der Waals surface area contributed by atoms with Crippen molar-refractivity contribution >= 4 is 5.91 Å². The van der Waals surface area contributed by atoms with E-state index in [9.17, 15) is 4.79 Å². The zero-order valence-electron chi connectivity index (χ0n) is 12.2. The third kappa shape index (κ3) is 3.06. The SMILES string of the molecule is Cc1cccc(C(=O)NC(c2ccccc2)c2ccco2)n1. The molecule has 1 amide bonds. The molecule has 1 unspecified atom stereocenters. The maximum atomic E-state index is 12.5. The number of hydrogen-bond acceptors (Lipinski definition) is 3. The number of nitrogens with zero attached hydrogens (tertiary/aromatic N) is 1. The Balaban J connectivity index is 1.89. The number of aryl methyl sites for hydroxylation is 1. The minimum absolute atomic E-state index is 0.228. The van der Waals surface area contributed by atoms with Crippen LogP contribution in [0.1, 0.15) is 33.5 Å². The van der Waals surface area contributed by atoms with Crippen molar-refractivity contribution in [3.63, 3.8) is 0 Å². The van der Waals surface area contributed by atoms with Crippen LogP contribution in [0.15, 0.2) is 71.3 Å². The van der Waals surface area contributed by atoms with Crippen molar-refractivity contribution < 1.29 is 9.21 Å². The number of nitrogens with one attached hydrogen (secondary N) is 1. The Bertz CT molecular complexity index is 752. The number of pyridine rings is 1. The fourth-order valence-electron chi connectivity index (χ4n) is 2.29. The van der Waals surface area contributed by atoms with E-state index in [0.717, 1.165) is 11.3 Å². The van der Waals surface area contributed by atoms with Crippen molar-refractivity contribution in [3.8, 4) is 0 Å². The Morgan fingerprint density at radius 3 is 2.55 bits per heavy atom. The van der Waals surface area contributed by atoms with E-state index in [2.05, 4.69) is 10.3 Å². The van der Waals surface area contributed by atoms with Crippen LogP contribution < -0.4 is 5.32 Å². The lowest BCUT2D eigenvalue weighted by molar-refractivity contribution is 0.0933. The van der Waals surface area contributed by atoms with Crippen molar-refractivity contribution in [1.29, 1.82) is 0 Å². The van der Waals surface area contributed by atoms with E-state index in [-0.39, 0.29) is 11.9 Å². The first-order valence-corrected chi connectivity index (χ1v) is 7.07. The summed E-state index contributed by atoms with van der Waals surface area (Å²) in [5, 5.41) is 2.98. The monoisotopic (exact) mass is 292 g/mol. The minimum Gasteiger partial charge on any atom is -0.467 e. The van der Waals surface area contributed by atoms with Gasteiger partial charge in [-0.3, -0.25) is 4.79 Å². The third-order valence-electron chi connectivity index (χ3n) is 3.36. The lowest BCUT2D eigenvalue weighted by Gasteiger charge is -2.17. The van der Waals surface area contributed by atoms with Gasteiger partial charge in [0.05, 0.1) is 6.26 Å². The summed E-state index contributed by atoms with van der Waals surface area (Å²) in [7, 11) is 0. The van der Waals surface area contributed by atoms with Gasteiger partial charge >= 0.3 is 0 Å². The summed E-state index contributed by atoms with van der Waals surface area (Å²) in [4.78, 5) is 16.7. The van der Waals surface area contributed by atoms with E-state index < -0.39 is 0 Å². The van der Waals surface area contributed by atoms with Crippen LogP contribution in [0.3, 0.4) is 0 Å². The Morgan fingerprint density at radius 2 is 1.86 bits per heavy atom. The Labute approximate surface area is 128 Å². The molecule has 22 heavy (non-hydrogen) atoms. The van der Waals surface area contributed by atoms with Crippen LogP contribution in [-0.2, 0) is 0 Å². The van der Waals surface area contributed by atoms with Crippen LogP contribution in [0, 0.1) is 6.92 Å². The average molecular weight is 292 g/mol. The standard InChI is InChI=1S/C18H16N2O2/c1-13-7-5-10-15(19-13)18(21)20-17(16-11-6-12-22-16)14-8-3-2-4-9-14/h2-12,17H,1H3,(H,20,21). The Morgan fingerprint density at radius 1 is 1.05 bits per heavy atom. The quantitative estimate of drug-likeness (QED) is 0.800. The number of carbonyl (C=O) groups excluding carboxylic acids is 1. The van der Waals surface area contributed by atoms with Gasteiger partial charge in [-0.25, -0.2) is 4.98 Å². The molecule has 2 aromatic heterocycles. The van der Waals surface area contributed by atoms with Gasteiger partial charge in [0.25, 0.3) is 5.91 Å². The molecule has 0 aliphatic heterocycles. The molecular weight excluding hydrogens is 276 g/mol. The van der Waals surface area contributed by atoms with Gasteiger partial charge in [0, 0.05) is 5.69 Å². The molecule has 110 valence electrons. The van der Waals surface area contributed by atoms with Gasteiger partial charge in [-0.1, -0.05) is 36.4 Å². The smallest absolute Gasteiger partial charge is 0.270 e. The fraction of sp³-hybridized carbons (Fsp3) is 0.111. The summed E-state index contributed by atoms with van der Waals surface area (Å²) in [5.74, 6) is 0.459. The van der Waals surface area contributed by atoms with Crippen molar-refractivity contribution in [3.05, 3.63) is 89.6 Å². The molecule has 4 heteroatoms. The number of hydrogen-bond donors (Lipinski definition) is 1. The van der Waals surface area contributed by atoms with Crippen LogP contribution in [0.5, 0.6) is 0 Å². The summed E-state index contributed by atoms with van der Waals surface area (Å²) in [6.07, 6.45) is 1.60. The lowest BCUT2D eigenvalue weighted by atomic mass is 10.0. The summed E-state index contributed by atoms with van der Waals surface area (Å²) in [5.41, 5.74) is 2.16. The minimum atomic E-state index is -0.342. The second-order valence-corrected chi connectivity index (χ2v) is 5.00. The van der Waals surface area contributed by atoms with Gasteiger partial charge in [-0.05, 0) is 36.8 Å². The van der Waals surface area contributed by atoms with Gasteiger partial charge in [-0.15, -0.1) is 0 Å². The Kier molecular flexibility index (Phi) is 4.01. The molecule has 1 atom stereocenters. The van der Waals surface area contributed by atoms with E-state index in [1.165, 1.54) is 0 Å². The largest absolute Gasteiger partial charge is 0.467 e. The van der Waals surface area contributed by atoms with Gasteiger partial charge in [0.2, 0.25) is 0 Å². The summed E-state index contributed by atoms with van der Waals surface area (Å²) in [6.45, 7) is 1.86. The first kappa shape index (κ1) is 14.1. The zero-order valence-corrected chi connectivity index (χ0v) is 12.2. The molecule has 0 saturated heterocycles. The second-order valence-electron chi connectivity index (χ2n) is 5.00. The predicted octanol–water partition coefficient (Wildman–Crippen LogP) is 3.50. The van der Waals surface area contributed by atoms with E-state index in [4.69, 9.17) is 4.42 Å². The van der Waals surface area contributed by atoms with E-state index in [1.54, 1.807) is 12.3 Å². The van der Waals surface area contributed by atoms with Gasteiger partial charge in [-0.2, -0.15) is 0 Å². The highest BCUT2D eigenvalue weighted by atomic mass is 16.3.